The minimum atomic E-state index is -0.662. The summed E-state index contributed by atoms with van der Waals surface area (Å²) in [6.45, 7) is 6.12. The maximum atomic E-state index is 13.8. The van der Waals surface area contributed by atoms with Crippen molar-refractivity contribution in [2.24, 2.45) is 5.92 Å². The summed E-state index contributed by atoms with van der Waals surface area (Å²) < 4.78 is 20.6. The fourth-order valence-electron chi connectivity index (χ4n) is 4.34. The molecule has 1 aliphatic heterocycles. The number of likely N-dealkylation sites (tertiary alicyclic amines) is 1. The number of benzene rings is 1. The lowest BCUT2D eigenvalue weighted by Crippen LogP contribution is -2.65. The zero-order valence-corrected chi connectivity index (χ0v) is 17.8. The Hall–Kier alpha value is -1.93. The minimum Gasteiger partial charge on any atom is -0.484 e. The molecule has 0 bridgehead atoms. The van der Waals surface area contributed by atoms with Crippen LogP contribution < -0.4 is 10.1 Å². The number of carbonyl (C=O) groups is 1. The molecule has 158 valence electrons. The number of aliphatic hydroxyl groups is 1. The Labute approximate surface area is 174 Å². The molecule has 29 heavy (non-hydrogen) atoms. The van der Waals surface area contributed by atoms with Gasteiger partial charge in [0.15, 0.2) is 0 Å². The maximum Gasteiger partial charge on any atom is 0.318 e. The Kier molecular flexibility index (Phi) is 5.42. The number of nitrogens with one attached hydrogen (secondary N) is 1. The Morgan fingerprint density at radius 3 is 2.72 bits per heavy atom. The number of hydrogen-bond donors (Lipinski definition) is 2. The summed E-state index contributed by atoms with van der Waals surface area (Å²) in [6, 6.07) is 2.78. The van der Waals surface area contributed by atoms with Crippen molar-refractivity contribution in [1.82, 2.24) is 15.2 Å². The molecule has 1 saturated heterocycles. The van der Waals surface area contributed by atoms with Crippen molar-refractivity contribution in [3.8, 4) is 5.75 Å². The van der Waals surface area contributed by atoms with Crippen LogP contribution in [0.4, 0.5) is 9.18 Å². The number of fused-ring (bicyclic) bond motifs is 1. The van der Waals surface area contributed by atoms with Crippen LogP contribution in [-0.2, 0) is 0 Å². The van der Waals surface area contributed by atoms with Crippen molar-refractivity contribution in [2.75, 3.05) is 6.54 Å². The van der Waals surface area contributed by atoms with Gasteiger partial charge in [0, 0.05) is 12.1 Å². The van der Waals surface area contributed by atoms with Crippen LogP contribution >= 0.6 is 11.3 Å². The molecule has 1 saturated carbocycles. The number of nitrogens with zero attached hydrogens (tertiary/aromatic N) is 2. The Bertz CT molecular complexity index is 889. The number of urea groups is 1. The topological polar surface area (TPSA) is 74.7 Å². The van der Waals surface area contributed by atoms with Gasteiger partial charge in [-0.1, -0.05) is 0 Å². The molecule has 2 unspecified atom stereocenters. The fourth-order valence-corrected chi connectivity index (χ4v) is 5.05. The van der Waals surface area contributed by atoms with E-state index in [1.54, 1.807) is 10.4 Å². The quantitative estimate of drug-likeness (QED) is 0.785. The molecule has 1 aliphatic carbocycles. The predicted octanol–water partition coefficient (Wildman–Crippen LogP) is 3.93. The molecule has 2 atom stereocenters. The van der Waals surface area contributed by atoms with Gasteiger partial charge in [-0.2, -0.15) is 0 Å². The molecule has 8 heteroatoms. The van der Waals surface area contributed by atoms with E-state index in [4.69, 9.17) is 4.74 Å². The third-order valence-corrected chi connectivity index (χ3v) is 7.14. The van der Waals surface area contributed by atoms with E-state index < -0.39 is 5.60 Å². The van der Waals surface area contributed by atoms with Crippen molar-refractivity contribution < 1.29 is 19.0 Å². The minimum absolute atomic E-state index is 0.0814. The van der Waals surface area contributed by atoms with E-state index in [0.717, 1.165) is 30.4 Å². The second-order valence-corrected chi connectivity index (χ2v) is 9.69. The van der Waals surface area contributed by atoms with Gasteiger partial charge in [0.1, 0.15) is 23.2 Å². The Balaban J connectivity index is 1.30. The summed E-state index contributed by atoms with van der Waals surface area (Å²) in [5.41, 5.74) is 1.67. The number of thiazole rings is 1. The van der Waals surface area contributed by atoms with Crippen LogP contribution in [0.1, 0.15) is 46.5 Å². The number of amides is 2. The first-order valence-corrected chi connectivity index (χ1v) is 11.1. The van der Waals surface area contributed by atoms with Gasteiger partial charge in [0.25, 0.3) is 0 Å². The van der Waals surface area contributed by atoms with Gasteiger partial charge < -0.3 is 20.1 Å². The normalized spacial score (nSPS) is 27.6. The molecule has 2 heterocycles. The molecule has 2 N–H and O–H groups in total. The Morgan fingerprint density at radius 1 is 1.34 bits per heavy atom. The fraction of sp³-hybridized carbons (Fsp3) is 0.619. The van der Waals surface area contributed by atoms with Crippen molar-refractivity contribution >= 4 is 27.6 Å². The van der Waals surface area contributed by atoms with Crippen LogP contribution in [-0.4, -0.2) is 51.4 Å². The van der Waals surface area contributed by atoms with Crippen LogP contribution in [0, 0.1) is 11.7 Å². The summed E-state index contributed by atoms with van der Waals surface area (Å²) in [7, 11) is 0. The van der Waals surface area contributed by atoms with Crippen LogP contribution in [0.2, 0.25) is 0 Å². The summed E-state index contributed by atoms with van der Waals surface area (Å²) in [5.74, 6) is 0.369. The summed E-state index contributed by atoms with van der Waals surface area (Å²) in [5, 5.41) is 13.3. The lowest BCUT2D eigenvalue weighted by atomic mass is 9.77. The molecule has 2 aromatic rings. The van der Waals surface area contributed by atoms with Crippen LogP contribution in [0.15, 0.2) is 17.6 Å². The molecule has 6 nitrogen and oxygen atoms in total. The first kappa shape index (κ1) is 20.3. The van der Waals surface area contributed by atoms with E-state index in [9.17, 15) is 14.3 Å². The van der Waals surface area contributed by atoms with Crippen LogP contribution in [0.3, 0.4) is 0 Å². The maximum absolute atomic E-state index is 13.8. The van der Waals surface area contributed by atoms with E-state index in [-0.39, 0.29) is 36.0 Å². The number of ether oxygens (including phenoxy) is 1. The van der Waals surface area contributed by atoms with Gasteiger partial charge in [0.05, 0.1) is 28.4 Å². The van der Waals surface area contributed by atoms with Gasteiger partial charge in [-0.3, -0.25) is 0 Å². The molecule has 2 fully saturated rings. The first-order chi connectivity index (χ1) is 13.7. The largest absolute Gasteiger partial charge is 0.484 e. The molecule has 1 aromatic carbocycles. The van der Waals surface area contributed by atoms with Crippen molar-refractivity contribution in [3.05, 3.63) is 23.5 Å². The average molecular weight is 422 g/mol. The summed E-state index contributed by atoms with van der Waals surface area (Å²) in [4.78, 5) is 18.7. The van der Waals surface area contributed by atoms with E-state index in [0.29, 0.717) is 17.8 Å². The zero-order chi connectivity index (χ0) is 20.8. The third kappa shape index (κ3) is 4.19. The monoisotopic (exact) mass is 421 g/mol. The second kappa shape index (κ2) is 7.72. The predicted molar refractivity (Wildman–Crippen MR) is 111 cm³/mol. The first-order valence-electron chi connectivity index (χ1n) is 10.2. The van der Waals surface area contributed by atoms with Crippen molar-refractivity contribution in [3.63, 3.8) is 0 Å². The highest BCUT2D eigenvalue weighted by Gasteiger charge is 2.42. The summed E-state index contributed by atoms with van der Waals surface area (Å²) in [6.07, 6.45) is 3.41. The molecular weight excluding hydrogens is 393 g/mol. The number of hydrogen-bond acceptors (Lipinski definition) is 5. The van der Waals surface area contributed by atoms with Gasteiger partial charge in [0.2, 0.25) is 0 Å². The molecule has 4 rings (SSSR count). The molecule has 0 radical (unpaired) electrons. The lowest BCUT2D eigenvalue weighted by molar-refractivity contribution is -0.0121. The lowest BCUT2D eigenvalue weighted by Gasteiger charge is -2.46. The van der Waals surface area contributed by atoms with E-state index in [1.807, 2.05) is 20.8 Å². The number of aromatic nitrogens is 1. The third-order valence-electron chi connectivity index (χ3n) is 6.37. The molecule has 2 aliphatic rings. The highest BCUT2D eigenvalue weighted by molar-refractivity contribution is 7.16. The Morgan fingerprint density at radius 2 is 2.07 bits per heavy atom. The second-order valence-electron chi connectivity index (χ2n) is 8.80. The van der Waals surface area contributed by atoms with E-state index in [2.05, 4.69) is 10.3 Å². The van der Waals surface area contributed by atoms with Crippen LogP contribution in [0.5, 0.6) is 5.75 Å². The van der Waals surface area contributed by atoms with Crippen molar-refractivity contribution in [2.45, 2.75) is 70.2 Å². The summed E-state index contributed by atoms with van der Waals surface area (Å²) >= 11 is 1.37. The zero-order valence-electron chi connectivity index (χ0n) is 17.0. The van der Waals surface area contributed by atoms with E-state index >= 15 is 0 Å². The average Bonchev–Trinajstić information content (AvgIpc) is 3.12. The van der Waals surface area contributed by atoms with Gasteiger partial charge in [-0.15, -0.1) is 11.3 Å². The standard InChI is InChI=1S/C21H28FN3O3S/c1-12-17(28-16-8-14(22)9-18-19(16)23-11-29-18)10-25(12)20(26)24-15-6-4-13(5-7-15)21(2,3)27/h8-9,11-13,15,17,27H,4-7,10H2,1-3H3,(H,24,26)/t12?,13-,15-,17?. The number of rotatable bonds is 4. The van der Waals surface area contributed by atoms with E-state index in [1.165, 1.54) is 23.5 Å². The van der Waals surface area contributed by atoms with Gasteiger partial charge in [-0.05, 0) is 58.4 Å². The SMILES string of the molecule is CC1C(Oc2cc(F)cc3scnc23)CN1C(=O)N[C@H]1CC[C@H](C(C)(C)O)CC1. The van der Waals surface area contributed by atoms with Gasteiger partial charge >= 0.3 is 6.03 Å². The highest BCUT2D eigenvalue weighted by Crippen LogP contribution is 2.34. The number of carbonyl (C=O) groups excluding carboxylic acids is 1. The molecular formula is C21H28FN3O3S. The molecule has 1 aromatic heterocycles. The van der Waals surface area contributed by atoms with Crippen LogP contribution in [0.25, 0.3) is 10.2 Å². The van der Waals surface area contributed by atoms with Gasteiger partial charge in [-0.25, -0.2) is 14.2 Å². The highest BCUT2D eigenvalue weighted by atomic mass is 32.1. The van der Waals surface area contributed by atoms with Crippen molar-refractivity contribution in [1.29, 1.82) is 0 Å². The molecule has 2 amide bonds. The smallest absolute Gasteiger partial charge is 0.318 e. The molecule has 0 spiro atoms. The number of halogens is 1.